The third-order valence-corrected chi connectivity index (χ3v) is 5.56. The Balaban J connectivity index is 1.39. The zero-order valence-corrected chi connectivity index (χ0v) is 18.0. The molecule has 1 amide bonds. The van der Waals surface area contributed by atoms with Crippen molar-refractivity contribution >= 4 is 23.1 Å². The molecule has 0 bridgehead atoms. The van der Waals surface area contributed by atoms with E-state index in [4.69, 9.17) is 0 Å². The zero-order chi connectivity index (χ0) is 22.5. The normalized spacial score (nSPS) is 13.8. The highest BCUT2D eigenvalue weighted by Gasteiger charge is 2.19. The van der Waals surface area contributed by atoms with Crippen molar-refractivity contribution in [1.29, 1.82) is 0 Å². The molecule has 4 rings (SSSR count). The van der Waals surface area contributed by atoms with Gasteiger partial charge in [-0.15, -0.1) is 0 Å². The molecule has 1 fully saturated rings. The van der Waals surface area contributed by atoms with E-state index in [9.17, 15) is 14.0 Å². The van der Waals surface area contributed by atoms with Gasteiger partial charge in [-0.2, -0.15) is 5.10 Å². The smallest absolute Gasteiger partial charge is 0.267 e. The Hall–Kier alpha value is -3.68. The van der Waals surface area contributed by atoms with Gasteiger partial charge in [0, 0.05) is 43.6 Å². The van der Waals surface area contributed by atoms with Gasteiger partial charge in [-0.05, 0) is 54.4 Å². The number of nitrogens with zero attached hydrogens (tertiary/aromatic N) is 4. The maximum Gasteiger partial charge on any atom is 0.267 e. The molecule has 166 valence electrons. The number of amides is 1. The van der Waals surface area contributed by atoms with E-state index in [1.54, 1.807) is 18.2 Å². The first kappa shape index (κ1) is 21.5. The van der Waals surface area contributed by atoms with Crippen LogP contribution in [0.3, 0.4) is 0 Å². The Morgan fingerprint density at radius 3 is 2.44 bits per heavy atom. The molecule has 8 heteroatoms. The molecule has 2 aromatic carbocycles. The predicted octanol–water partition coefficient (Wildman–Crippen LogP) is 2.91. The number of hydrogen-bond donors (Lipinski definition) is 1. The lowest BCUT2D eigenvalue weighted by Gasteiger charge is -2.36. The second kappa shape index (κ2) is 9.64. The molecule has 0 radical (unpaired) electrons. The summed E-state index contributed by atoms with van der Waals surface area (Å²) in [5.74, 6) is 0.108. The predicted molar refractivity (Wildman–Crippen MR) is 124 cm³/mol. The topological polar surface area (TPSA) is 70.5 Å². The summed E-state index contributed by atoms with van der Waals surface area (Å²) in [6.45, 7) is 4.81. The van der Waals surface area contributed by atoms with Gasteiger partial charge in [-0.1, -0.05) is 19.1 Å². The molecule has 1 aromatic heterocycles. The van der Waals surface area contributed by atoms with Crippen molar-refractivity contribution in [3.8, 4) is 0 Å². The highest BCUT2D eigenvalue weighted by molar-refractivity contribution is 5.90. The van der Waals surface area contributed by atoms with Gasteiger partial charge in [-0.3, -0.25) is 9.59 Å². The fourth-order valence-corrected chi connectivity index (χ4v) is 3.77. The molecular formula is C24H26FN5O2. The van der Waals surface area contributed by atoms with Crippen LogP contribution < -0.4 is 20.7 Å². The molecule has 1 saturated heterocycles. The minimum atomic E-state index is -0.323. The van der Waals surface area contributed by atoms with Crippen LogP contribution in [0.4, 0.5) is 21.6 Å². The summed E-state index contributed by atoms with van der Waals surface area (Å²) < 4.78 is 14.4. The van der Waals surface area contributed by atoms with E-state index in [2.05, 4.69) is 27.1 Å². The van der Waals surface area contributed by atoms with Crippen LogP contribution in [0.2, 0.25) is 0 Å². The maximum absolute atomic E-state index is 13.2. The summed E-state index contributed by atoms with van der Waals surface area (Å²) in [6, 6.07) is 17.2. The summed E-state index contributed by atoms with van der Waals surface area (Å²) in [5, 5.41) is 7.26. The number of nitrogens with one attached hydrogen (secondary N) is 1. The molecule has 0 atom stereocenters. The number of carbonyl (C=O) groups excluding carboxylic acids is 1. The second-order valence-corrected chi connectivity index (χ2v) is 7.74. The van der Waals surface area contributed by atoms with Gasteiger partial charge in [0.1, 0.15) is 18.2 Å². The number of hydrogen-bond acceptors (Lipinski definition) is 5. The molecule has 0 spiro atoms. The third kappa shape index (κ3) is 5.14. The van der Waals surface area contributed by atoms with Crippen LogP contribution in [-0.4, -0.2) is 41.9 Å². The summed E-state index contributed by atoms with van der Waals surface area (Å²) in [6.07, 6.45) is 0.876. The number of aromatic nitrogens is 2. The average Bonchev–Trinajstić information content (AvgIpc) is 2.81. The van der Waals surface area contributed by atoms with E-state index in [1.807, 2.05) is 24.3 Å². The Morgan fingerprint density at radius 2 is 1.72 bits per heavy atom. The number of anilines is 3. The summed E-state index contributed by atoms with van der Waals surface area (Å²) in [5.41, 5.74) is 2.49. The lowest BCUT2D eigenvalue weighted by molar-refractivity contribution is -0.117. The quantitative estimate of drug-likeness (QED) is 0.645. The first-order valence-electron chi connectivity index (χ1n) is 10.7. The minimum absolute atomic E-state index is 0.154. The Labute approximate surface area is 186 Å². The number of benzene rings is 2. The largest absolute Gasteiger partial charge is 0.368 e. The minimum Gasteiger partial charge on any atom is -0.368 e. The Kier molecular flexibility index (Phi) is 6.49. The van der Waals surface area contributed by atoms with Gasteiger partial charge in [0.25, 0.3) is 5.56 Å². The SMILES string of the molecule is CCc1cccc(NC(=O)Cn2nc(N3CCN(c4ccc(F)cc4)CC3)ccc2=O)c1. The number of carbonyl (C=O) groups is 1. The Morgan fingerprint density at radius 1 is 1.00 bits per heavy atom. The molecule has 3 aromatic rings. The van der Waals surface area contributed by atoms with Crippen LogP contribution >= 0.6 is 0 Å². The molecule has 1 aliphatic heterocycles. The van der Waals surface area contributed by atoms with Crippen molar-refractivity contribution in [2.45, 2.75) is 19.9 Å². The fraction of sp³-hybridized carbons (Fsp3) is 0.292. The van der Waals surface area contributed by atoms with E-state index in [1.165, 1.54) is 22.9 Å². The van der Waals surface area contributed by atoms with E-state index < -0.39 is 0 Å². The molecule has 1 N–H and O–H groups in total. The van der Waals surface area contributed by atoms with Crippen molar-refractivity contribution in [2.75, 3.05) is 41.3 Å². The van der Waals surface area contributed by atoms with Gasteiger partial charge in [0.2, 0.25) is 5.91 Å². The maximum atomic E-state index is 13.2. The van der Waals surface area contributed by atoms with Crippen molar-refractivity contribution in [3.63, 3.8) is 0 Å². The number of aryl methyl sites for hydroxylation is 1. The lowest BCUT2D eigenvalue weighted by Crippen LogP contribution is -2.47. The summed E-state index contributed by atoms with van der Waals surface area (Å²) in [4.78, 5) is 29.0. The first-order chi connectivity index (χ1) is 15.5. The number of halogens is 1. The van der Waals surface area contributed by atoms with Crippen LogP contribution in [0.5, 0.6) is 0 Å². The first-order valence-corrected chi connectivity index (χ1v) is 10.7. The van der Waals surface area contributed by atoms with Crippen molar-refractivity contribution in [1.82, 2.24) is 9.78 Å². The van der Waals surface area contributed by atoms with Crippen LogP contribution in [0.1, 0.15) is 12.5 Å². The van der Waals surface area contributed by atoms with Crippen LogP contribution in [0.15, 0.2) is 65.5 Å². The molecular weight excluding hydrogens is 409 g/mol. The van der Waals surface area contributed by atoms with E-state index in [-0.39, 0.29) is 23.8 Å². The molecule has 0 saturated carbocycles. The molecule has 0 aliphatic carbocycles. The third-order valence-electron chi connectivity index (χ3n) is 5.56. The van der Waals surface area contributed by atoms with Gasteiger partial charge in [-0.25, -0.2) is 9.07 Å². The monoisotopic (exact) mass is 435 g/mol. The van der Waals surface area contributed by atoms with Crippen LogP contribution in [-0.2, 0) is 17.8 Å². The number of piperazine rings is 1. The van der Waals surface area contributed by atoms with Gasteiger partial charge >= 0.3 is 0 Å². The van der Waals surface area contributed by atoms with E-state index in [0.717, 1.165) is 30.8 Å². The highest BCUT2D eigenvalue weighted by atomic mass is 19.1. The second-order valence-electron chi connectivity index (χ2n) is 7.74. The Bertz CT molecular complexity index is 1140. The summed E-state index contributed by atoms with van der Waals surface area (Å²) >= 11 is 0. The van der Waals surface area contributed by atoms with E-state index in [0.29, 0.717) is 24.6 Å². The van der Waals surface area contributed by atoms with Crippen LogP contribution in [0, 0.1) is 5.82 Å². The summed E-state index contributed by atoms with van der Waals surface area (Å²) in [7, 11) is 0. The molecule has 1 aliphatic rings. The van der Waals surface area contributed by atoms with Crippen molar-refractivity contribution in [3.05, 3.63) is 82.4 Å². The lowest BCUT2D eigenvalue weighted by atomic mass is 10.1. The average molecular weight is 436 g/mol. The van der Waals surface area contributed by atoms with Gasteiger partial charge in [0.15, 0.2) is 0 Å². The zero-order valence-electron chi connectivity index (χ0n) is 18.0. The number of rotatable bonds is 6. The molecule has 2 heterocycles. The van der Waals surface area contributed by atoms with Gasteiger partial charge < -0.3 is 15.1 Å². The molecule has 32 heavy (non-hydrogen) atoms. The highest BCUT2D eigenvalue weighted by Crippen LogP contribution is 2.19. The van der Waals surface area contributed by atoms with Crippen LogP contribution in [0.25, 0.3) is 0 Å². The molecule has 0 unspecified atom stereocenters. The standard InChI is InChI=1S/C24H26FN5O2/c1-2-18-4-3-5-20(16-18)26-23(31)17-30-24(32)11-10-22(27-30)29-14-12-28(13-15-29)21-8-6-19(25)7-9-21/h3-11,16H,2,12-15,17H2,1H3,(H,26,31). The van der Waals surface area contributed by atoms with Crippen molar-refractivity contribution < 1.29 is 9.18 Å². The fourth-order valence-electron chi connectivity index (χ4n) is 3.77. The van der Waals surface area contributed by atoms with E-state index >= 15 is 0 Å². The van der Waals surface area contributed by atoms with Gasteiger partial charge in [0.05, 0.1) is 0 Å². The molecule has 7 nitrogen and oxygen atoms in total. The van der Waals surface area contributed by atoms with Crippen molar-refractivity contribution in [2.24, 2.45) is 0 Å².